The lowest BCUT2D eigenvalue weighted by atomic mass is 10.0. The van der Waals surface area contributed by atoms with Gasteiger partial charge in [0, 0.05) is 0 Å². The van der Waals surface area contributed by atoms with Gasteiger partial charge in [-0.1, -0.05) is 30.3 Å². The van der Waals surface area contributed by atoms with E-state index in [2.05, 4.69) is 20.3 Å². The highest BCUT2D eigenvalue weighted by molar-refractivity contribution is 5.82. The average molecular weight is 417 g/mol. The van der Waals surface area contributed by atoms with E-state index >= 15 is 0 Å². The number of ether oxygens (including phenoxy) is 1. The molecule has 6 N–H and O–H groups in total. The molecule has 0 bridgehead atoms. The van der Waals surface area contributed by atoms with Crippen LogP contribution in [0.1, 0.15) is 17.9 Å². The van der Waals surface area contributed by atoms with E-state index in [1.165, 1.54) is 17.2 Å². The number of aliphatic hydroxyl groups excluding tert-OH is 5. The number of fused-ring (bicyclic) bond motifs is 1. The van der Waals surface area contributed by atoms with Gasteiger partial charge < -0.3 is 35.6 Å². The molecule has 1 aromatic carbocycles. The van der Waals surface area contributed by atoms with Gasteiger partial charge >= 0.3 is 0 Å². The van der Waals surface area contributed by atoms with Crippen molar-refractivity contribution < 1.29 is 30.3 Å². The molecule has 160 valence electrons. The summed E-state index contributed by atoms with van der Waals surface area (Å²) in [7, 11) is 0. The van der Waals surface area contributed by atoms with E-state index in [0.717, 1.165) is 0 Å². The Hall–Kier alpha value is -2.67. The third-order valence-corrected chi connectivity index (χ3v) is 5.19. The van der Waals surface area contributed by atoms with Crippen LogP contribution < -0.4 is 5.32 Å². The van der Waals surface area contributed by atoms with E-state index in [1.54, 1.807) is 24.3 Å². The third-order valence-electron chi connectivity index (χ3n) is 5.19. The Bertz CT molecular complexity index is 986. The first-order valence-corrected chi connectivity index (χ1v) is 9.45. The Balaban J connectivity index is 1.62. The molecule has 1 unspecified atom stereocenters. The second-order valence-electron chi connectivity index (χ2n) is 7.06. The maximum atomic E-state index is 10.6. The fourth-order valence-corrected chi connectivity index (χ4v) is 3.54. The van der Waals surface area contributed by atoms with E-state index in [0.29, 0.717) is 16.7 Å². The average Bonchev–Trinajstić information content (AvgIpc) is 3.33. The van der Waals surface area contributed by atoms with Crippen molar-refractivity contribution in [2.75, 3.05) is 18.5 Å². The highest BCUT2D eigenvalue weighted by Crippen LogP contribution is 2.32. The summed E-state index contributed by atoms with van der Waals surface area (Å²) in [5, 5.41) is 53.0. The van der Waals surface area contributed by atoms with Crippen molar-refractivity contribution in [3.8, 4) is 0 Å². The topological polar surface area (TPSA) is 166 Å². The molecule has 0 radical (unpaired) electrons. The van der Waals surface area contributed by atoms with Crippen LogP contribution in [0.5, 0.6) is 0 Å². The van der Waals surface area contributed by atoms with Crippen LogP contribution in [0.25, 0.3) is 11.2 Å². The quantitative estimate of drug-likeness (QED) is 0.279. The largest absolute Gasteiger partial charge is 0.394 e. The standard InChI is InChI=1S/C19H23N5O6/c25-6-11(14(27)10-4-2-1-3-5-10)23-17-13-18(21-8-20-17)24(9-22-13)19-16(29)15(28)12(7-26)30-19/h1-5,8-9,11-12,14-16,19,25-29H,6-7H2,(H,20,21,23)/t11-,12+,14-,15-,16?,19+/m0/s1. The molecular weight excluding hydrogens is 394 g/mol. The lowest BCUT2D eigenvalue weighted by molar-refractivity contribution is -0.0511. The van der Waals surface area contributed by atoms with Crippen molar-refractivity contribution >= 4 is 17.0 Å². The summed E-state index contributed by atoms with van der Waals surface area (Å²) in [6.07, 6.45) is -2.80. The second kappa shape index (κ2) is 8.60. The summed E-state index contributed by atoms with van der Waals surface area (Å²) in [6.45, 7) is -0.810. The van der Waals surface area contributed by atoms with E-state index in [-0.39, 0.29) is 12.4 Å². The van der Waals surface area contributed by atoms with Crippen molar-refractivity contribution in [2.24, 2.45) is 0 Å². The Morgan fingerprint density at radius 2 is 1.83 bits per heavy atom. The molecule has 0 amide bonds. The maximum absolute atomic E-state index is 10.6. The number of imidazole rings is 1. The first-order chi connectivity index (χ1) is 14.5. The SMILES string of the molecule is OC[C@H](Nc1ncnc2c1ncn2[C@@H]1O[C@H](CO)[C@H](O)C1O)[C@@H](O)c1ccccc1. The fourth-order valence-electron chi connectivity index (χ4n) is 3.54. The molecule has 1 fully saturated rings. The van der Waals surface area contributed by atoms with Crippen LogP contribution in [0.15, 0.2) is 43.0 Å². The minimum Gasteiger partial charge on any atom is -0.394 e. The lowest BCUT2D eigenvalue weighted by Crippen LogP contribution is -2.33. The van der Waals surface area contributed by atoms with Gasteiger partial charge in [-0.05, 0) is 5.56 Å². The van der Waals surface area contributed by atoms with Crippen LogP contribution in [-0.2, 0) is 4.74 Å². The van der Waals surface area contributed by atoms with Gasteiger partial charge in [0.2, 0.25) is 0 Å². The van der Waals surface area contributed by atoms with Crippen molar-refractivity contribution in [3.05, 3.63) is 48.5 Å². The first kappa shape index (κ1) is 20.6. The molecule has 1 aliphatic rings. The summed E-state index contributed by atoms with van der Waals surface area (Å²) < 4.78 is 6.98. The van der Waals surface area contributed by atoms with E-state index in [4.69, 9.17) is 4.74 Å². The number of aliphatic hydroxyl groups is 5. The van der Waals surface area contributed by atoms with Crippen molar-refractivity contribution in [2.45, 2.75) is 36.7 Å². The summed E-state index contributed by atoms with van der Waals surface area (Å²) in [4.78, 5) is 12.6. The van der Waals surface area contributed by atoms with Crippen molar-refractivity contribution in [3.63, 3.8) is 0 Å². The zero-order valence-corrected chi connectivity index (χ0v) is 15.9. The highest BCUT2D eigenvalue weighted by atomic mass is 16.6. The molecule has 30 heavy (non-hydrogen) atoms. The zero-order valence-electron chi connectivity index (χ0n) is 15.9. The molecule has 11 heteroatoms. The molecule has 0 spiro atoms. The van der Waals surface area contributed by atoms with Crippen LogP contribution >= 0.6 is 0 Å². The Morgan fingerprint density at radius 3 is 2.50 bits per heavy atom. The number of hydrogen-bond donors (Lipinski definition) is 6. The summed E-state index contributed by atoms with van der Waals surface area (Å²) in [5.74, 6) is 0.277. The van der Waals surface area contributed by atoms with Gasteiger partial charge in [0.25, 0.3) is 0 Å². The van der Waals surface area contributed by atoms with E-state index in [1.807, 2.05) is 6.07 Å². The fraction of sp³-hybridized carbons (Fsp3) is 0.421. The van der Waals surface area contributed by atoms with Crippen LogP contribution in [0.3, 0.4) is 0 Å². The molecule has 0 saturated carbocycles. The Labute approximate surface area is 171 Å². The maximum Gasteiger partial charge on any atom is 0.167 e. The van der Waals surface area contributed by atoms with Gasteiger partial charge in [0.1, 0.15) is 30.7 Å². The van der Waals surface area contributed by atoms with Crippen molar-refractivity contribution in [1.29, 1.82) is 0 Å². The molecule has 0 aliphatic carbocycles. The van der Waals surface area contributed by atoms with Crippen LogP contribution in [0, 0.1) is 0 Å². The molecule has 3 heterocycles. The molecule has 1 aliphatic heterocycles. The third kappa shape index (κ3) is 3.62. The second-order valence-corrected chi connectivity index (χ2v) is 7.06. The van der Waals surface area contributed by atoms with Gasteiger partial charge in [-0.25, -0.2) is 15.0 Å². The first-order valence-electron chi connectivity index (χ1n) is 9.45. The highest BCUT2D eigenvalue weighted by Gasteiger charge is 2.44. The minimum absolute atomic E-state index is 0.277. The minimum atomic E-state index is -1.28. The van der Waals surface area contributed by atoms with Gasteiger partial charge in [0.15, 0.2) is 23.2 Å². The molecule has 4 rings (SSSR count). The van der Waals surface area contributed by atoms with Crippen LogP contribution in [0.2, 0.25) is 0 Å². The number of rotatable bonds is 7. The number of nitrogens with one attached hydrogen (secondary N) is 1. The zero-order chi connectivity index (χ0) is 21.3. The predicted octanol–water partition coefficient (Wildman–Crippen LogP) is -1.06. The predicted molar refractivity (Wildman–Crippen MR) is 104 cm³/mol. The van der Waals surface area contributed by atoms with Gasteiger partial charge in [-0.15, -0.1) is 0 Å². The molecule has 3 aromatic rings. The van der Waals surface area contributed by atoms with E-state index < -0.39 is 43.3 Å². The number of aromatic nitrogens is 4. The summed E-state index contributed by atoms with van der Waals surface area (Å²) in [5.41, 5.74) is 1.27. The number of hydrogen-bond acceptors (Lipinski definition) is 10. The Morgan fingerprint density at radius 1 is 1.07 bits per heavy atom. The lowest BCUT2D eigenvalue weighted by Gasteiger charge is -2.23. The van der Waals surface area contributed by atoms with Gasteiger partial charge in [0.05, 0.1) is 25.6 Å². The smallest absolute Gasteiger partial charge is 0.167 e. The van der Waals surface area contributed by atoms with Gasteiger partial charge in [-0.3, -0.25) is 4.57 Å². The molecule has 6 atom stereocenters. The van der Waals surface area contributed by atoms with Gasteiger partial charge in [-0.2, -0.15) is 0 Å². The van der Waals surface area contributed by atoms with Crippen LogP contribution in [-0.4, -0.2) is 82.6 Å². The van der Waals surface area contributed by atoms with E-state index in [9.17, 15) is 25.5 Å². The Kier molecular flexibility index (Phi) is 5.90. The van der Waals surface area contributed by atoms with Crippen LogP contribution in [0.4, 0.5) is 5.82 Å². The summed E-state index contributed by atoms with van der Waals surface area (Å²) in [6, 6.07) is 8.15. The molecule has 11 nitrogen and oxygen atoms in total. The number of nitrogens with zero attached hydrogens (tertiary/aromatic N) is 4. The molecule has 1 saturated heterocycles. The van der Waals surface area contributed by atoms with Crippen molar-refractivity contribution in [1.82, 2.24) is 19.5 Å². The number of benzene rings is 1. The molecular formula is C19H23N5O6. The monoisotopic (exact) mass is 417 g/mol. The molecule has 2 aromatic heterocycles. The number of anilines is 1. The summed E-state index contributed by atoms with van der Waals surface area (Å²) >= 11 is 0. The normalized spacial score (nSPS) is 26.0.